The van der Waals surface area contributed by atoms with Crippen molar-refractivity contribution >= 4 is 15.7 Å². The molecule has 2 aromatic carbocycles. The lowest BCUT2D eigenvalue weighted by Gasteiger charge is -2.25. The Morgan fingerprint density at radius 3 is 2.54 bits per heavy atom. The lowest BCUT2D eigenvalue weighted by Crippen LogP contribution is -2.31. The van der Waals surface area contributed by atoms with Crippen LogP contribution in [0.3, 0.4) is 0 Å². The van der Waals surface area contributed by atoms with Crippen LogP contribution in [0.4, 0.5) is 5.69 Å². The topological polar surface area (TPSA) is 99.0 Å². The molecule has 8 nitrogen and oxygen atoms in total. The monoisotopic (exact) mass is 406 g/mol. The first-order valence-corrected chi connectivity index (χ1v) is 10.4. The van der Waals surface area contributed by atoms with Crippen molar-refractivity contribution in [3.8, 4) is 11.5 Å². The Bertz CT molecular complexity index is 959. The van der Waals surface area contributed by atoms with Crippen LogP contribution in [-0.2, 0) is 10.0 Å². The molecule has 3 rings (SSSR count). The summed E-state index contributed by atoms with van der Waals surface area (Å²) in [5.41, 5.74) is 0.560. The van der Waals surface area contributed by atoms with Gasteiger partial charge >= 0.3 is 0 Å². The smallest absolute Gasteiger partial charge is 0.271 e. The minimum atomic E-state index is -3.98. The first-order valence-electron chi connectivity index (χ1n) is 8.95. The van der Waals surface area contributed by atoms with Gasteiger partial charge in [0.25, 0.3) is 5.69 Å². The second-order valence-electron chi connectivity index (χ2n) is 6.37. The first-order chi connectivity index (χ1) is 13.4. The Kier molecular flexibility index (Phi) is 5.85. The van der Waals surface area contributed by atoms with E-state index >= 15 is 0 Å². The minimum Gasteiger partial charge on any atom is -0.495 e. The van der Waals surface area contributed by atoms with Crippen LogP contribution in [0.25, 0.3) is 0 Å². The summed E-state index contributed by atoms with van der Waals surface area (Å²) >= 11 is 0. The SMILES string of the molecule is CCOc1ccc(C2CCCN2S(=O)(=O)c2cc([N+](=O)[O-])ccc2OC)cc1. The molecule has 0 amide bonds. The van der Waals surface area contributed by atoms with E-state index in [2.05, 4.69) is 0 Å². The average molecular weight is 406 g/mol. The van der Waals surface area contributed by atoms with Crippen molar-refractivity contribution in [1.29, 1.82) is 0 Å². The number of benzene rings is 2. The predicted octanol–water partition coefficient (Wildman–Crippen LogP) is 3.53. The lowest BCUT2D eigenvalue weighted by atomic mass is 10.1. The van der Waals surface area contributed by atoms with Crippen LogP contribution in [0.15, 0.2) is 47.4 Å². The number of nitrogens with zero attached hydrogens (tertiary/aromatic N) is 2. The quantitative estimate of drug-likeness (QED) is 0.515. The van der Waals surface area contributed by atoms with Gasteiger partial charge in [-0.25, -0.2) is 8.42 Å². The van der Waals surface area contributed by atoms with Gasteiger partial charge < -0.3 is 9.47 Å². The van der Waals surface area contributed by atoms with E-state index in [4.69, 9.17) is 9.47 Å². The molecule has 9 heteroatoms. The maximum Gasteiger partial charge on any atom is 0.271 e. The van der Waals surface area contributed by atoms with Crippen molar-refractivity contribution in [3.63, 3.8) is 0 Å². The number of methoxy groups -OCH3 is 1. The zero-order chi connectivity index (χ0) is 20.3. The number of nitro groups is 1. The normalized spacial score (nSPS) is 17.4. The van der Waals surface area contributed by atoms with E-state index in [9.17, 15) is 18.5 Å². The molecule has 1 saturated heterocycles. The molecule has 1 aliphatic heterocycles. The number of rotatable bonds is 7. The summed E-state index contributed by atoms with van der Waals surface area (Å²) in [6.07, 6.45) is 1.37. The third kappa shape index (κ3) is 3.81. The fourth-order valence-corrected chi connectivity index (χ4v) is 5.28. The molecule has 0 spiro atoms. The van der Waals surface area contributed by atoms with Crippen LogP contribution in [0.1, 0.15) is 31.4 Å². The predicted molar refractivity (Wildman–Crippen MR) is 103 cm³/mol. The molecule has 0 saturated carbocycles. The zero-order valence-corrected chi connectivity index (χ0v) is 16.5. The van der Waals surface area contributed by atoms with Crippen molar-refractivity contribution in [1.82, 2.24) is 4.31 Å². The number of hydrogen-bond donors (Lipinski definition) is 0. The number of sulfonamides is 1. The van der Waals surface area contributed by atoms with E-state index in [1.165, 1.54) is 23.5 Å². The Morgan fingerprint density at radius 1 is 1.21 bits per heavy atom. The van der Waals surface area contributed by atoms with Crippen molar-refractivity contribution in [2.45, 2.75) is 30.7 Å². The molecule has 0 radical (unpaired) electrons. The third-order valence-corrected chi connectivity index (χ3v) is 6.65. The van der Waals surface area contributed by atoms with Crippen LogP contribution < -0.4 is 9.47 Å². The van der Waals surface area contributed by atoms with Crippen LogP contribution in [0, 0.1) is 10.1 Å². The molecule has 1 fully saturated rings. The van der Waals surface area contributed by atoms with Crippen molar-refractivity contribution < 1.29 is 22.8 Å². The Labute approximate surface area is 163 Å². The number of nitro benzene ring substituents is 1. The molecule has 150 valence electrons. The van der Waals surface area contributed by atoms with Gasteiger partial charge in [0.05, 0.1) is 24.7 Å². The van der Waals surface area contributed by atoms with Crippen LogP contribution in [0.2, 0.25) is 0 Å². The average Bonchev–Trinajstić information content (AvgIpc) is 3.19. The molecule has 28 heavy (non-hydrogen) atoms. The van der Waals surface area contributed by atoms with Crippen LogP contribution in [-0.4, -0.2) is 37.9 Å². The highest BCUT2D eigenvalue weighted by molar-refractivity contribution is 7.89. The summed E-state index contributed by atoms with van der Waals surface area (Å²) in [5.74, 6) is 0.807. The van der Waals surface area contributed by atoms with Crippen molar-refractivity contribution in [2.24, 2.45) is 0 Å². The summed E-state index contributed by atoms with van der Waals surface area (Å²) in [5, 5.41) is 11.1. The number of hydrogen-bond acceptors (Lipinski definition) is 6. The van der Waals surface area contributed by atoms with Crippen LogP contribution >= 0.6 is 0 Å². The fraction of sp³-hybridized carbons (Fsp3) is 0.368. The minimum absolute atomic E-state index is 0.0861. The molecular weight excluding hydrogens is 384 g/mol. The largest absolute Gasteiger partial charge is 0.495 e. The van der Waals surface area contributed by atoms with E-state index in [0.717, 1.165) is 17.4 Å². The van der Waals surface area contributed by atoms with Gasteiger partial charge in [-0.1, -0.05) is 12.1 Å². The molecular formula is C19H22N2O6S. The van der Waals surface area contributed by atoms with E-state index in [-0.39, 0.29) is 22.4 Å². The molecule has 1 atom stereocenters. The van der Waals surface area contributed by atoms with E-state index in [1.54, 1.807) is 0 Å². The third-order valence-electron chi connectivity index (χ3n) is 4.72. The lowest BCUT2D eigenvalue weighted by molar-refractivity contribution is -0.385. The van der Waals surface area contributed by atoms with Gasteiger partial charge in [-0.2, -0.15) is 4.31 Å². The molecule has 0 bridgehead atoms. The molecule has 0 aromatic heterocycles. The Morgan fingerprint density at radius 2 is 1.93 bits per heavy atom. The van der Waals surface area contributed by atoms with Gasteiger partial charge in [0.1, 0.15) is 16.4 Å². The zero-order valence-electron chi connectivity index (χ0n) is 15.7. The highest BCUT2D eigenvalue weighted by Crippen LogP contribution is 2.40. The van der Waals surface area contributed by atoms with Gasteiger partial charge in [0, 0.05) is 18.7 Å². The summed E-state index contributed by atoms with van der Waals surface area (Å²) in [4.78, 5) is 10.3. The number of ether oxygens (including phenoxy) is 2. The second kappa shape index (κ2) is 8.15. The summed E-state index contributed by atoms with van der Waals surface area (Å²) in [7, 11) is -2.64. The molecule has 1 aliphatic rings. The van der Waals surface area contributed by atoms with Gasteiger partial charge in [0.15, 0.2) is 0 Å². The summed E-state index contributed by atoms with van der Waals surface area (Å²) in [6, 6.07) is 10.6. The second-order valence-corrected chi connectivity index (χ2v) is 8.23. The van der Waals surface area contributed by atoms with Gasteiger partial charge in [-0.3, -0.25) is 10.1 Å². The van der Waals surface area contributed by atoms with Gasteiger partial charge in [-0.05, 0) is 43.5 Å². The Hall–Kier alpha value is -2.65. The van der Waals surface area contributed by atoms with E-state index in [0.29, 0.717) is 26.0 Å². The molecule has 0 aliphatic carbocycles. The highest BCUT2D eigenvalue weighted by Gasteiger charge is 2.38. The van der Waals surface area contributed by atoms with Crippen molar-refractivity contribution in [2.75, 3.05) is 20.3 Å². The molecule has 1 heterocycles. The fourth-order valence-electron chi connectivity index (χ4n) is 3.42. The molecule has 1 unspecified atom stereocenters. The Balaban J connectivity index is 1.98. The summed E-state index contributed by atoms with van der Waals surface area (Å²) in [6.45, 7) is 2.79. The number of non-ortho nitro benzene ring substituents is 1. The maximum absolute atomic E-state index is 13.3. The van der Waals surface area contributed by atoms with Gasteiger partial charge in [0.2, 0.25) is 10.0 Å². The molecule has 0 N–H and O–H groups in total. The van der Waals surface area contributed by atoms with E-state index in [1.807, 2.05) is 31.2 Å². The highest BCUT2D eigenvalue weighted by atomic mass is 32.2. The first kappa shape index (κ1) is 20.1. The van der Waals surface area contributed by atoms with Crippen LogP contribution in [0.5, 0.6) is 11.5 Å². The van der Waals surface area contributed by atoms with E-state index < -0.39 is 14.9 Å². The maximum atomic E-state index is 13.3. The summed E-state index contributed by atoms with van der Waals surface area (Å²) < 4.78 is 38.7. The molecule has 2 aromatic rings. The standard InChI is InChI=1S/C19H22N2O6S/c1-3-27-16-9-6-14(7-10-16)17-5-4-12-20(17)28(24,25)19-13-15(21(22)23)8-11-18(19)26-2/h6-11,13,17H,3-5,12H2,1-2H3. The van der Waals surface area contributed by atoms with Gasteiger partial charge in [-0.15, -0.1) is 0 Å². The van der Waals surface area contributed by atoms with Crippen molar-refractivity contribution in [3.05, 3.63) is 58.1 Å².